The van der Waals surface area contributed by atoms with Gasteiger partial charge in [0.25, 0.3) is 0 Å². The molecule has 1 aliphatic rings. The van der Waals surface area contributed by atoms with Gasteiger partial charge in [0, 0.05) is 44.3 Å². The van der Waals surface area contributed by atoms with E-state index in [2.05, 4.69) is 16.8 Å². The van der Waals surface area contributed by atoms with Gasteiger partial charge >= 0.3 is 0 Å². The number of benzene rings is 1. The van der Waals surface area contributed by atoms with E-state index >= 15 is 0 Å². The van der Waals surface area contributed by atoms with Crippen LogP contribution in [0, 0.1) is 6.92 Å². The average Bonchev–Trinajstić information content (AvgIpc) is 2.89. The molecule has 0 unspecified atom stereocenters. The summed E-state index contributed by atoms with van der Waals surface area (Å²) in [5, 5.41) is 9.36. The van der Waals surface area contributed by atoms with Crippen LogP contribution in [-0.2, 0) is 11.2 Å². The zero-order valence-corrected chi connectivity index (χ0v) is 15.1. The van der Waals surface area contributed by atoms with Gasteiger partial charge in [0.1, 0.15) is 5.75 Å². The first-order chi connectivity index (χ1) is 12.5. The fourth-order valence-corrected chi connectivity index (χ4v) is 3.41. The van der Waals surface area contributed by atoms with E-state index in [0.29, 0.717) is 13.0 Å². The van der Waals surface area contributed by atoms with Crippen molar-refractivity contribution >= 4 is 11.6 Å². The molecule has 1 aromatic carbocycles. The monoisotopic (exact) mass is 354 g/mol. The van der Waals surface area contributed by atoms with Gasteiger partial charge in [0.05, 0.1) is 6.04 Å². The number of amides is 1. The maximum atomic E-state index is 12.8. The van der Waals surface area contributed by atoms with Gasteiger partial charge in [-0.2, -0.15) is 0 Å². The smallest absolute Gasteiger partial charge is 0.239 e. The van der Waals surface area contributed by atoms with Crippen molar-refractivity contribution in [2.24, 2.45) is 5.73 Å². The molecule has 3 N–H and O–H groups in total. The Morgan fingerprint density at radius 3 is 2.69 bits per heavy atom. The van der Waals surface area contributed by atoms with Crippen molar-refractivity contribution in [1.82, 2.24) is 9.88 Å². The molecule has 1 aromatic heterocycles. The van der Waals surface area contributed by atoms with Crippen LogP contribution in [0.2, 0.25) is 0 Å². The van der Waals surface area contributed by atoms with Gasteiger partial charge in [-0.15, -0.1) is 0 Å². The minimum atomic E-state index is -0.561. The first-order valence-electron chi connectivity index (χ1n) is 9.02. The molecular formula is C20H26N4O2. The quantitative estimate of drug-likeness (QED) is 0.873. The molecule has 3 rings (SSSR count). The molecule has 2 aromatic rings. The lowest BCUT2D eigenvalue weighted by molar-refractivity contribution is -0.132. The summed E-state index contributed by atoms with van der Waals surface area (Å²) in [5.41, 5.74) is 9.45. The number of aryl methyl sites for hydroxylation is 1. The highest BCUT2D eigenvalue weighted by molar-refractivity contribution is 5.82. The number of nitrogens with two attached hydrogens (primary N) is 1. The number of aromatic nitrogens is 1. The Hall–Kier alpha value is -2.60. The third-order valence-corrected chi connectivity index (χ3v) is 4.85. The van der Waals surface area contributed by atoms with Gasteiger partial charge in [0.15, 0.2) is 0 Å². The van der Waals surface area contributed by atoms with Crippen LogP contribution in [0.15, 0.2) is 42.7 Å². The Morgan fingerprint density at radius 1 is 1.19 bits per heavy atom. The Labute approximate surface area is 154 Å². The largest absolute Gasteiger partial charge is 0.508 e. The van der Waals surface area contributed by atoms with Crippen LogP contribution in [0.5, 0.6) is 5.75 Å². The van der Waals surface area contributed by atoms with E-state index in [1.807, 2.05) is 23.4 Å². The van der Waals surface area contributed by atoms with Gasteiger partial charge in [-0.25, -0.2) is 0 Å². The van der Waals surface area contributed by atoms with E-state index < -0.39 is 6.04 Å². The molecule has 0 saturated carbocycles. The molecule has 1 saturated heterocycles. The Morgan fingerprint density at radius 2 is 1.96 bits per heavy atom. The van der Waals surface area contributed by atoms with Gasteiger partial charge in [0.2, 0.25) is 5.91 Å². The summed E-state index contributed by atoms with van der Waals surface area (Å²) in [6, 6.07) is 8.32. The third-order valence-electron chi connectivity index (χ3n) is 4.85. The fourth-order valence-electron chi connectivity index (χ4n) is 3.41. The van der Waals surface area contributed by atoms with Crippen LogP contribution in [0.3, 0.4) is 0 Å². The summed E-state index contributed by atoms with van der Waals surface area (Å²) in [5.74, 6) is 0.207. The number of aromatic hydroxyl groups is 1. The van der Waals surface area contributed by atoms with Crippen LogP contribution < -0.4 is 10.6 Å². The van der Waals surface area contributed by atoms with Gasteiger partial charge in [-0.1, -0.05) is 12.1 Å². The lowest BCUT2D eigenvalue weighted by atomic mass is 10.1. The average molecular weight is 354 g/mol. The number of rotatable bonds is 4. The molecule has 0 bridgehead atoms. The van der Waals surface area contributed by atoms with Gasteiger partial charge in [-0.3, -0.25) is 9.78 Å². The second kappa shape index (κ2) is 8.19. The maximum absolute atomic E-state index is 12.8. The Balaban J connectivity index is 1.60. The number of hydrogen-bond donors (Lipinski definition) is 2. The molecule has 26 heavy (non-hydrogen) atoms. The first kappa shape index (κ1) is 18.2. The number of phenols is 1. The molecule has 2 heterocycles. The summed E-state index contributed by atoms with van der Waals surface area (Å²) in [6.45, 7) is 5.17. The highest BCUT2D eigenvalue weighted by Gasteiger charge is 2.24. The van der Waals surface area contributed by atoms with E-state index in [4.69, 9.17) is 5.73 Å². The highest BCUT2D eigenvalue weighted by atomic mass is 16.3. The summed E-state index contributed by atoms with van der Waals surface area (Å²) in [4.78, 5) is 21.1. The molecule has 0 radical (unpaired) electrons. The topological polar surface area (TPSA) is 82.7 Å². The molecule has 1 aliphatic heterocycles. The van der Waals surface area contributed by atoms with Gasteiger partial charge < -0.3 is 20.6 Å². The molecular weight excluding hydrogens is 328 g/mol. The minimum Gasteiger partial charge on any atom is -0.508 e. The van der Waals surface area contributed by atoms with Crippen LogP contribution in [0.25, 0.3) is 0 Å². The number of pyridine rings is 1. The number of anilines is 1. The highest BCUT2D eigenvalue weighted by Crippen LogP contribution is 2.20. The van der Waals surface area contributed by atoms with Crippen LogP contribution in [0.4, 0.5) is 5.69 Å². The zero-order valence-electron chi connectivity index (χ0n) is 15.1. The Kier molecular flexibility index (Phi) is 5.73. The molecule has 138 valence electrons. The van der Waals surface area contributed by atoms with E-state index in [9.17, 15) is 9.90 Å². The normalized spacial score (nSPS) is 16.2. The Bertz CT molecular complexity index is 748. The van der Waals surface area contributed by atoms with Crippen molar-refractivity contribution in [3.05, 3.63) is 53.9 Å². The van der Waals surface area contributed by atoms with Crippen molar-refractivity contribution in [3.8, 4) is 5.75 Å². The van der Waals surface area contributed by atoms with E-state index in [1.165, 1.54) is 5.69 Å². The van der Waals surface area contributed by atoms with Crippen molar-refractivity contribution < 1.29 is 9.90 Å². The summed E-state index contributed by atoms with van der Waals surface area (Å²) in [6.07, 6.45) is 5.07. The van der Waals surface area contributed by atoms with Gasteiger partial charge in [-0.05, 0) is 49.1 Å². The van der Waals surface area contributed by atoms with Crippen molar-refractivity contribution in [3.63, 3.8) is 0 Å². The van der Waals surface area contributed by atoms with Crippen LogP contribution in [0.1, 0.15) is 17.5 Å². The van der Waals surface area contributed by atoms with Crippen molar-refractivity contribution in [2.75, 3.05) is 31.1 Å². The van der Waals surface area contributed by atoms with E-state index in [1.54, 1.807) is 24.3 Å². The number of carbonyl (C=O) groups excluding carboxylic acids is 1. The molecule has 1 amide bonds. The van der Waals surface area contributed by atoms with E-state index in [-0.39, 0.29) is 11.7 Å². The predicted octanol–water partition coefficient (Wildman–Crippen LogP) is 1.70. The third kappa shape index (κ3) is 4.32. The molecule has 0 spiro atoms. The number of carbonyl (C=O) groups is 1. The van der Waals surface area contributed by atoms with Crippen LogP contribution >= 0.6 is 0 Å². The second-order valence-electron chi connectivity index (χ2n) is 6.81. The zero-order chi connectivity index (χ0) is 18.5. The SMILES string of the molecule is Cc1cnccc1N1CCCN(C(=O)[C@@H](N)Cc2ccc(O)cc2)CC1. The van der Waals surface area contributed by atoms with Crippen molar-refractivity contribution in [1.29, 1.82) is 0 Å². The second-order valence-corrected chi connectivity index (χ2v) is 6.81. The van der Waals surface area contributed by atoms with E-state index in [0.717, 1.165) is 37.2 Å². The fraction of sp³-hybridized carbons (Fsp3) is 0.400. The molecule has 6 heteroatoms. The summed E-state index contributed by atoms with van der Waals surface area (Å²) in [7, 11) is 0. The lowest BCUT2D eigenvalue weighted by Gasteiger charge is -2.26. The first-order valence-corrected chi connectivity index (χ1v) is 9.02. The maximum Gasteiger partial charge on any atom is 0.239 e. The van der Waals surface area contributed by atoms with Crippen LogP contribution in [-0.4, -0.2) is 53.1 Å². The lowest BCUT2D eigenvalue weighted by Crippen LogP contribution is -2.46. The molecule has 0 aliphatic carbocycles. The summed E-state index contributed by atoms with van der Waals surface area (Å²) >= 11 is 0. The molecule has 6 nitrogen and oxygen atoms in total. The predicted molar refractivity (Wildman–Crippen MR) is 102 cm³/mol. The van der Waals surface area contributed by atoms with Crippen molar-refractivity contribution in [2.45, 2.75) is 25.8 Å². The molecule has 1 fully saturated rings. The summed E-state index contributed by atoms with van der Waals surface area (Å²) < 4.78 is 0. The molecule has 1 atom stereocenters. The standard InChI is InChI=1S/C20H26N4O2/c1-15-14-22-8-7-19(15)23-9-2-10-24(12-11-23)20(26)18(21)13-16-3-5-17(25)6-4-16/h3-8,14,18,25H,2,9-13,21H2,1H3/t18-/m0/s1. The number of phenolic OH excluding ortho intramolecular Hbond substituents is 1. The number of hydrogen-bond acceptors (Lipinski definition) is 5. The number of nitrogens with zero attached hydrogens (tertiary/aromatic N) is 3. The minimum absolute atomic E-state index is 0.00799.